The Kier molecular flexibility index (Phi) is 2.15. The summed E-state index contributed by atoms with van der Waals surface area (Å²) in [5.41, 5.74) is 6.12. The molecule has 0 aromatic heterocycles. The Bertz CT molecular complexity index is 445. The lowest BCUT2D eigenvalue weighted by atomic mass is 10.2. The molecule has 1 amide bonds. The first kappa shape index (κ1) is 9.64. The van der Waals surface area contributed by atoms with Gasteiger partial charge in [0, 0.05) is 0 Å². The van der Waals surface area contributed by atoms with Gasteiger partial charge in [-0.2, -0.15) is 0 Å². The average Bonchev–Trinajstić information content (AvgIpc) is 2.45. The maximum Gasteiger partial charge on any atom is 0.234 e. The molecule has 2 N–H and O–H groups in total. The van der Waals surface area contributed by atoms with Crippen molar-refractivity contribution in [1.82, 2.24) is 0 Å². The molecule has 1 aliphatic heterocycles. The van der Waals surface area contributed by atoms with Gasteiger partial charge in [0.15, 0.2) is 5.78 Å². The van der Waals surface area contributed by atoms with Crippen LogP contribution in [0, 0.1) is 5.82 Å². The summed E-state index contributed by atoms with van der Waals surface area (Å²) in [5, 5.41) is 0. The molecule has 0 atom stereocenters. The van der Waals surface area contributed by atoms with Crippen molar-refractivity contribution in [3.05, 3.63) is 24.0 Å². The third-order valence-electron chi connectivity index (χ3n) is 2.26. The molecule has 1 aromatic rings. The molecule has 2 rings (SSSR count). The van der Waals surface area contributed by atoms with Crippen molar-refractivity contribution < 1.29 is 14.0 Å². The van der Waals surface area contributed by atoms with E-state index in [0.717, 1.165) is 6.07 Å². The topological polar surface area (TPSA) is 63.4 Å². The van der Waals surface area contributed by atoms with E-state index in [-0.39, 0.29) is 30.3 Å². The van der Waals surface area contributed by atoms with Gasteiger partial charge in [-0.3, -0.25) is 9.59 Å². The van der Waals surface area contributed by atoms with Gasteiger partial charge in [-0.15, -0.1) is 0 Å². The van der Waals surface area contributed by atoms with E-state index in [1.165, 1.54) is 17.0 Å². The number of amides is 1. The van der Waals surface area contributed by atoms with Crippen molar-refractivity contribution >= 4 is 23.1 Å². The molecule has 15 heavy (non-hydrogen) atoms. The van der Waals surface area contributed by atoms with E-state index in [1.807, 2.05) is 0 Å². The summed E-state index contributed by atoms with van der Waals surface area (Å²) in [6, 6.07) is 3.74. The predicted molar refractivity (Wildman–Crippen MR) is 52.8 cm³/mol. The number of rotatable bonds is 1. The molecule has 78 valence electrons. The van der Waals surface area contributed by atoms with Gasteiger partial charge in [-0.05, 0) is 18.2 Å². The zero-order valence-electron chi connectivity index (χ0n) is 7.87. The molecule has 1 fully saturated rings. The third kappa shape index (κ3) is 1.68. The fraction of sp³-hybridized carbons (Fsp3) is 0.200. The van der Waals surface area contributed by atoms with Crippen LogP contribution in [-0.2, 0) is 9.59 Å². The summed E-state index contributed by atoms with van der Waals surface area (Å²) < 4.78 is 12.8. The summed E-state index contributed by atoms with van der Waals surface area (Å²) in [4.78, 5) is 23.7. The molecule has 0 radical (unpaired) electrons. The van der Waals surface area contributed by atoms with Crippen LogP contribution in [0.15, 0.2) is 18.2 Å². The van der Waals surface area contributed by atoms with Crippen LogP contribution in [0.4, 0.5) is 15.8 Å². The monoisotopic (exact) mass is 208 g/mol. The number of Topliss-reactive ketones (excluding diaryl/α,β-unsaturated/α-hetero) is 1. The van der Waals surface area contributed by atoms with Gasteiger partial charge >= 0.3 is 0 Å². The number of nitrogens with two attached hydrogens (primary N) is 1. The molecule has 1 aliphatic rings. The highest BCUT2D eigenvalue weighted by molar-refractivity contribution is 6.15. The minimum absolute atomic E-state index is 0.0225. The molecular formula is C10H9FN2O2. The number of halogens is 1. The molecule has 0 bridgehead atoms. The highest BCUT2D eigenvalue weighted by Gasteiger charge is 2.29. The molecule has 4 nitrogen and oxygen atoms in total. The molecule has 1 aromatic carbocycles. The molecule has 1 saturated heterocycles. The van der Waals surface area contributed by atoms with Crippen molar-refractivity contribution in [1.29, 1.82) is 0 Å². The quantitative estimate of drug-likeness (QED) is 0.546. The standard InChI is InChI=1S/C10H9FN2O2/c11-6-1-2-9(8(12)3-6)13-5-7(14)4-10(13)15/h1-3H,4-5,12H2. The molecule has 0 unspecified atom stereocenters. The largest absolute Gasteiger partial charge is 0.397 e. The van der Waals surface area contributed by atoms with Crippen molar-refractivity contribution in [2.45, 2.75) is 6.42 Å². The van der Waals surface area contributed by atoms with Crippen LogP contribution in [0.5, 0.6) is 0 Å². The summed E-state index contributed by atoms with van der Waals surface area (Å²) in [6.07, 6.45) is -0.100. The normalized spacial score (nSPS) is 16.2. The number of benzene rings is 1. The van der Waals surface area contributed by atoms with Crippen LogP contribution in [0.3, 0.4) is 0 Å². The van der Waals surface area contributed by atoms with Gasteiger partial charge in [-0.1, -0.05) is 0 Å². The average molecular weight is 208 g/mol. The Morgan fingerprint density at radius 2 is 2.07 bits per heavy atom. The lowest BCUT2D eigenvalue weighted by Crippen LogP contribution is -2.25. The second kappa shape index (κ2) is 3.34. The number of nitrogen functional groups attached to an aromatic ring is 1. The highest BCUT2D eigenvalue weighted by atomic mass is 19.1. The molecule has 0 saturated carbocycles. The number of hydrogen-bond donors (Lipinski definition) is 1. The van der Waals surface area contributed by atoms with Gasteiger partial charge in [0.2, 0.25) is 5.91 Å². The van der Waals surface area contributed by atoms with Gasteiger partial charge in [0.1, 0.15) is 5.82 Å². The molecule has 5 heteroatoms. The summed E-state index contributed by atoms with van der Waals surface area (Å²) in [7, 11) is 0. The van der Waals surface area contributed by atoms with Gasteiger partial charge in [0.05, 0.1) is 24.3 Å². The Morgan fingerprint density at radius 1 is 1.33 bits per heavy atom. The van der Waals surface area contributed by atoms with E-state index in [2.05, 4.69) is 0 Å². The fourth-order valence-electron chi connectivity index (χ4n) is 1.58. The lowest BCUT2D eigenvalue weighted by Gasteiger charge is -2.16. The first-order valence-electron chi connectivity index (χ1n) is 4.45. The minimum atomic E-state index is -0.464. The van der Waals surface area contributed by atoms with E-state index in [9.17, 15) is 14.0 Å². The zero-order valence-corrected chi connectivity index (χ0v) is 7.87. The van der Waals surface area contributed by atoms with Gasteiger partial charge < -0.3 is 10.6 Å². The third-order valence-corrected chi connectivity index (χ3v) is 2.26. The number of ketones is 1. The fourth-order valence-corrected chi connectivity index (χ4v) is 1.58. The number of nitrogens with zero attached hydrogens (tertiary/aromatic N) is 1. The van der Waals surface area contributed by atoms with E-state index < -0.39 is 5.82 Å². The summed E-state index contributed by atoms with van der Waals surface area (Å²) >= 11 is 0. The highest BCUT2D eigenvalue weighted by Crippen LogP contribution is 2.26. The van der Waals surface area contributed by atoms with E-state index in [4.69, 9.17) is 5.73 Å². The Hall–Kier alpha value is -1.91. The Morgan fingerprint density at radius 3 is 2.60 bits per heavy atom. The molecule has 0 spiro atoms. The van der Waals surface area contributed by atoms with Crippen LogP contribution in [0.1, 0.15) is 6.42 Å². The van der Waals surface area contributed by atoms with Gasteiger partial charge in [0.25, 0.3) is 0 Å². The summed E-state index contributed by atoms with van der Waals surface area (Å²) in [5.74, 6) is -0.906. The smallest absolute Gasteiger partial charge is 0.234 e. The number of anilines is 2. The number of carbonyl (C=O) groups is 2. The van der Waals surface area contributed by atoms with Crippen molar-refractivity contribution in [2.24, 2.45) is 0 Å². The Balaban J connectivity index is 2.38. The first-order chi connectivity index (χ1) is 7.08. The van der Waals surface area contributed by atoms with E-state index in [0.29, 0.717) is 5.69 Å². The van der Waals surface area contributed by atoms with Crippen LogP contribution in [-0.4, -0.2) is 18.2 Å². The SMILES string of the molecule is Nc1cc(F)ccc1N1CC(=O)CC1=O. The first-order valence-corrected chi connectivity index (χ1v) is 4.45. The maximum absolute atomic E-state index is 12.8. The number of hydrogen-bond acceptors (Lipinski definition) is 3. The Labute approximate surface area is 85.5 Å². The van der Waals surface area contributed by atoms with Crippen LogP contribution < -0.4 is 10.6 Å². The van der Waals surface area contributed by atoms with Crippen LogP contribution >= 0.6 is 0 Å². The predicted octanol–water partition coefficient (Wildman–Crippen LogP) is 0.714. The van der Waals surface area contributed by atoms with Crippen LogP contribution in [0.2, 0.25) is 0 Å². The zero-order chi connectivity index (χ0) is 11.0. The number of carbonyl (C=O) groups excluding carboxylic acids is 2. The molecule has 1 heterocycles. The van der Waals surface area contributed by atoms with Crippen molar-refractivity contribution in [3.8, 4) is 0 Å². The van der Waals surface area contributed by atoms with E-state index >= 15 is 0 Å². The second-order valence-electron chi connectivity index (χ2n) is 3.40. The van der Waals surface area contributed by atoms with Crippen molar-refractivity contribution in [2.75, 3.05) is 17.2 Å². The minimum Gasteiger partial charge on any atom is -0.397 e. The summed E-state index contributed by atoms with van der Waals surface area (Å²) in [6.45, 7) is 0.0225. The molecular weight excluding hydrogens is 199 g/mol. The van der Waals surface area contributed by atoms with Crippen molar-refractivity contribution in [3.63, 3.8) is 0 Å². The lowest BCUT2D eigenvalue weighted by molar-refractivity contribution is -0.121. The van der Waals surface area contributed by atoms with Gasteiger partial charge in [-0.25, -0.2) is 4.39 Å². The molecule has 0 aliphatic carbocycles. The second-order valence-corrected chi connectivity index (χ2v) is 3.40. The van der Waals surface area contributed by atoms with E-state index in [1.54, 1.807) is 0 Å². The maximum atomic E-state index is 12.8. The van der Waals surface area contributed by atoms with Crippen LogP contribution in [0.25, 0.3) is 0 Å².